The van der Waals surface area contributed by atoms with Gasteiger partial charge in [0.05, 0.1) is 18.4 Å². The van der Waals surface area contributed by atoms with Crippen LogP contribution < -0.4 is 10.1 Å². The predicted molar refractivity (Wildman–Crippen MR) is 91.0 cm³/mol. The van der Waals surface area contributed by atoms with Gasteiger partial charge in [-0.05, 0) is 43.3 Å². The maximum atomic E-state index is 12.2. The number of thiazole rings is 1. The zero-order chi connectivity index (χ0) is 16.2. The number of rotatable bonds is 4. The number of methoxy groups -OCH3 is 1. The average molecular weight is 325 g/mol. The highest BCUT2D eigenvalue weighted by Crippen LogP contribution is 2.31. The summed E-state index contributed by atoms with van der Waals surface area (Å²) in [6.07, 6.45) is 3.16. The van der Waals surface area contributed by atoms with Crippen molar-refractivity contribution < 1.29 is 9.53 Å². The van der Waals surface area contributed by atoms with Crippen molar-refractivity contribution in [3.8, 4) is 17.0 Å². The van der Waals surface area contributed by atoms with Crippen LogP contribution in [0.3, 0.4) is 0 Å². The van der Waals surface area contributed by atoms with Crippen LogP contribution in [0.2, 0.25) is 0 Å². The number of nitrogens with one attached hydrogen (secondary N) is 1. The summed E-state index contributed by atoms with van der Waals surface area (Å²) >= 11 is 1.45. The van der Waals surface area contributed by atoms with Gasteiger partial charge in [-0.1, -0.05) is 0 Å². The molecule has 6 heteroatoms. The standard InChI is InChI=1S/C17H15N3O2S/c1-11-15(12-5-7-14(22-2)8-6-12)19-17(23-11)20-16(21)13-4-3-9-18-10-13/h3-10H,1-2H3,(H,19,20,21). The molecule has 5 nitrogen and oxygen atoms in total. The Morgan fingerprint density at radius 2 is 2.00 bits per heavy atom. The number of ether oxygens (including phenoxy) is 1. The van der Waals surface area contributed by atoms with E-state index in [-0.39, 0.29) is 5.91 Å². The van der Waals surface area contributed by atoms with Crippen molar-refractivity contribution in [2.45, 2.75) is 6.92 Å². The summed E-state index contributed by atoms with van der Waals surface area (Å²) in [4.78, 5) is 21.7. The number of pyridine rings is 1. The van der Waals surface area contributed by atoms with Crippen LogP contribution in [0.15, 0.2) is 48.8 Å². The molecule has 116 valence electrons. The number of benzene rings is 1. The number of carbonyl (C=O) groups is 1. The van der Waals surface area contributed by atoms with Gasteiger partial charge in [0.25, 0.3) is 5.91 Å². The summed E-state index contributed by atoms with van der Waals surface area (Å²) < 4.78 is 5.16. The van der Waals surface area contributed by atoms with Crippen LogP contribution in [0.4, 0.5) is 5.13 Å². The lowest BCUT2D eigenvalue weighted by atomic mass is 10.1. The molecule has 23 heavy (non-hydrogen) atoms. The molecule has 0 saturated carbocycles. The van der Waals surface area contributed by atoms with Gasteiger partial charge in [0.15, 0.2) is 5.13 Å². The molecule has 0 spiro atoms. The van der Waals surface area contributed by atoms with Crippen molar-refractivity contribution in [2.24, 2.45) is 0 Å². The first-order valence-electron chi connectivity index (χ1n) is 7.00. The van der Waals surface area contributed by atoms with Crippen LogP contribution in [0, 0.1) is 6.92 Å². The van der Waals surface area contributed by atoms with Gasteiger partial charge < -0.3 is 4.74 Å². The number of hydrogen-bond donors (Lipinski definition) is 1. The molecule has 2 aromatic heterocycles. The maximum absolute atomic E-state index is 12.2. The summed E-state index contributed by atoms with van der Waals surface area (Å²) in [6.45, 7) is 1.98. The highest BCUT2D eigenvalue weighted by molar-refractivity contribution is 7.16. The molecule has 3 rings (SSSR count). The molecule has 0 bridgehead atoms. The summed E-state index contributed by atoms with van der Waals surface area (Å²) in [7, 11) is 1.63. The van der Waals surface area contributed by atoms with Gasteiger partial charge in [0, 0.05) is 22.8 Å². The normalized spacial score (nSPS) is 10.3. The molecule has 1 N–H and O–H groups in total. The van der Waals surface area contributed by atoms with E-state index in [1.54, 1.807) is 25.4 Å². The van der Waals surface area contributed by atoms with Gasteiger partial charge in [-0.25, -0.2) is 4.98 Å². The van der Waals surface area contributed by atoms with E-state index in [1.165, 1.54) is 17.5 Å². The second-order valence-corrected chi connectivity index (χ2v) is 6.05. The summed E-state index contributed by atoms with van der Waals surface area (Å²) in [5, 5.41) is 3.39. The lowest BCUT2D eigenvalue weighted by molar-refractivity contribution is 0.102. The van der Waals surface area contributed by atoms with Crippen LogP contribution >= 0.6 is 11.3 Å². The quantitative estimate of drug-likeness (QED) is 0.793. The van der Waals surface area contributed by atoms with Gasteiger partial charge >= 0.3 is 0 Å². The Balaban J connectivity index is 1.81. The molecule has 1 aromatic carbocycles. The zero-order valence-corrected chi connectivity index (χ0v) is 13.6. The predicted octanol–water partition coefficient (Wildman–Crippen LogP) is 3.77. The van der Waals surface area contributed by atoms with Gasteiger partial charge in [0.2, 0.25) is 0 Å². The number of hydrogen-bond acceptors (Lipinski definition) is 5. The first-order chi connectivity index (χ1) is 11.2. The van der Waals surface area contributed by atoms with Crippen LogP contribution in [-0.4, -0.2) is 23.0 Å². The highest BCUT2D eigenvalue weighted by atomic mass is 32.1. The van der Waals surface area contributed by atoms with Crippen LogP contribution in [0.5, 0.6) is 5.75 Å². The van der Waals surface area contributed by atoms with Gasteiger partial charge in [-0.3, -0.25) is 15.1 Å². The lowest BCUT2D eigenvalue weighted by Crippen LogP contribution is -2.11. The first kappa shape index (κ1) is 15.2. The SMILES string of the molecule is COc1ccc(-c2nc(NC(=O)c3cccnc3)sc2C)cc1. The topological polar surface area (TPSA) is 64.1 Å². The smallest absolute Gasteiger partial charge is 0.259 e. The molecular weight excluding hydrogens is 310 g/mol. The van der Waals surface area contributed by atoms with Gasteiger partial charge in [-0.15, -0.1) is 11.3 Å². The zero-order valence-electron chi connectivity index (χ0n) is 12.7. The number of aryl methyl sites for hydroxylation is 1. The summed E-state index contributed by atoms with van der Waals surface area (Å²) in [5.41, 5.74) is 2.35. The van der Waals surface area contributed by atoms with E-state index < -0.39 is 0 Å². The largest absolute Gasteiger partial charge is 0.497 e. The molecule has 0 aliphatic rings. The van der Waals surface area contributed by atoms with E-state index >= 15 is 0 Å². The van der Waals surface area contributed by atoms with Gasteiger partial charge in [0.1, 0.15) is 5.75 Å². The number of nitrogens with zero attached hydrogens (tertiary/aromatic N) is 2. The fourth-order valence-electron chi connectivity index (χ4n) is 2.13. The Morgan fingerprint density at radius 1 is 1.22 bits per heavy atom. The van der Waals surface area contributed by atoms with Crippen molar-refractivity contribution in [1.29, 1.82) is 0 Å². The monoisotopic (exact) mass is 325 g/mol. The summed E-state index contributed by atoms with van der Waals surface area (Å²) in [5.74, 6) is 0.583. The Labute approximate surface area is 138 Å². The van der Waals surface area contributed by atoms with E-state index in [0.29, 0.717) is 10.7 Å². The van der Waals surface area contributed by atoms with E-state index in [1.807, 2.05) is 31.2 Å². The molecule has 0 aliphatic heterocycles. The minimum atomic E-state index is -0.215. The fourth-order valence-corrected chi connectivity index (χ4v) is 2.96. The van der Waals surface area contributed by atoms with E-state index in [4.69, 9.17) is 4.74 Å². The molecule has 1 amide bonds. The second kappa shape index (κ2) is 6.58. The minimum Gasteiger partial charge on any atom is -0.497 e. The van der Waals surface area contributed by atoms with Crippen LogP contribution in [0.1, 0.15) is 15.2 Å². The van der Waals surface area contributed by atoms with Crippen molar-refractivity contribution in [1.82, 2.24) is 9.97 Å². The molecule has 3 aromatic rings. The van der Waals surface area contributed by atoms with Crippen molar-refractivity contribution in [3.05, 3.63) is 59.2 Å². The number of aromatic nitrogens is 2. The Bertz CT molecular complexity index is 814. The molecular formula is C17H15N3O2S. The highest BCUT2D eigenvalue weighted by Gasteiger charge is 2.13. The Morgan fingerprint density at radius 3 is 2.65 bits per heavy atom. The molecule has 0 radical (unpaired) electrons. The first-order valence-corrected chi connectivity index (χ1v) is 7.82. The fraction of sp³-hybridized carbons (Fsp3) is 0.118. The molecule has 0 saturated heterocycles. The number of anilines is 1. The molecule has 0 unspecified atom stereocenters. The second-order valence-electron chi connectivity index (χ2n) is 4.85. The van der Waals surface area contributed by atoms with Gasteiger partial charge in [-0.2, -0.15) is 0 Å². The van der Waals surface area contributed by atoms with Crippen LogP contribution in [-0.2, 0) is 0 Å². The van der Waals surface area contributed by atoms with E-state index in [2.05, 4.69) is 15.3 Å². The molecule has 0 atom stereocenters. The minimum absolute atomic E-state index is 0.215. The summed E-state index contributed by atoms with van der Waals surface area (Å²) in [6, 6.07) is 11.1. The Kier molecular flexibility index (Phi) is 4.34. The van der Waals surface area contributed by atoms with Crippen molar-refractivity contribution in [2.75, 3.05) is 12.4 Å². The van der Waals surface area contributed by atoms with Crippen LogP contribution in [0.25, 0.3) is 11.3 Å². The van der Waals surface area contributed by atoms with E-state index in [9.17, 15) is 4.79 Å². The van der Waals surface area contributed by atoms with Crippen molar-refractivity contribution in [3.63, 3.8) is 0 Å². The third-order valence-corrected chi connectivity index (χ3v) is 4.19. The maximum Gasteiger partial charge on any atom is 0.259 e. The lowest BCUT2D eigenvalue weighted by Gasteiger charge is -2.02. The Hall–Kier alpha value is -2.73. The third-order valence-electron chi connectivity index (χ3n) is 3.30. The van der Waals surface area contributed by atoms with E-state index in [0.717, 1.165) is 21.9 Å². The third kappa shape index (κ3) is 3.37. The molecule has 2 heterocycles. The molecule has 0 fully saturated rings. The van der Waals surface area contributed by atoms with Crippen molar-refractivity contribution >= 4 is 22.4 Å². The molecule has 0 aliphatic carbocycles. The number of amides is 1. The number of carbonyl (C=O) groups excluding carboxylic acids is 1. The average Bonchev–Trinajstić information content (AvgIpc) is 2.96.